The van der Waals surface area contributed by atoms with Crippen molar-refractivity contribution < 1.29 is 14.3 Å². The number of ketones is 1. The largest absolute Gasteiger partial charge is 0.383 e. The van der Waals surface area contributed by atoms with E-state index in [9.17, 15) is 14.4 Å². The maximum Gasteiger partial charge on any atom is 0.346 e. The van der Waals surface area contributed by atoms with Crippen LogP contribution in [0.4, 0.5) is 0 Å². The molecule has 7 nitrogen and oxygen atoms in total. The molecule has 0 atom stereocenters. The molecule has 0 aliphatic heterocycles. The highest BCUT2D eigenvalue weighted by atomic mass is 32.2. The minimum absolute atomic E-state index is 0.0832. The summed E-state index contributed by atoms with van der Waals surface area (Å²) in [5.74, 6) is -0.324. The van der Waals surface area contributed by atoms with Crippen LogP contribution in [-0.2, 0) is 9.53 Å². The zero-order valence-corrected chi connectivity index (χ0v) is 12.4. The average Bonchev–Trinajstić information content (AvgIpc) is 2.35. The van der Waals surface area contributed by atoms with E-state index in [0.29, 0.717) is 24.4 Å². The van der Waals surface area contributed by atoms with Crippen molar-refractivity contribution in [3.63, 3.8) is 0 Å². The van der Waals surface area contributed by atoms with Gasteiger partial charge in [-0.15, -0.1) is 0 Å². The molecule has 20 heavy (non-hydrogen) atoms. The highest BCUT2D eigenvalue weighted by Crippen LogP contribution is 2.20. The number of carbonyl (C=O) groups is 2. The van der Waals surface area contributed by atoms with Gasteiger partial charge in [0.05, 0.1) is 17.9 Å². The normalized spacial score (nSPS) is 10.3. The number of aryl methyl sites for hydroxylation is 1. The number of H-pyrrole nitrogens is 1. The predicted molar refractivity (Wildman–Crippen MR) is 75.2 cm³/mol. The summed E-state index contributed by atoms with van der Waals surface area (Å²) in [6, 6.07) is 0. The molecule has 1 aromatic heterocycles. The Labute approximate surface area is 120 Å². The van der Waals surface area contributed by atoms with Gasteiger partial charge in [-0.3, -0.25) is 9.59 Å². The molecule has 0 spiro atoms. The Morgan fingerprint density at radius 1 is 1.45 bits per heavy atom. The molecule has 0 aliphatic rings. The Balaban J connectivity index is 2.75. The van der Waals surface area contributed by atoms with Crippen LogP contribution in [0, 0.1) is 6.92 Å². The molecule has 110 valence electrons. The van der Waals surface area contributed by atoms with Crippen LogP contribution in [0.2, 0.25) is 0 Å². The molecule has 0 unspecified atom stereocenters. The van der Waals surface area contributed by atoms with E-state index in [1.165, 1.54) is 6.92 Å². The Morgan fingerprint density at radius 2 is 2.15 bits per heavy atom. The van der Waals surface area contributed by atoms with E-state index in [0.717, 1.165) is 11.8 Å². The maximum atomic E-state index is 11.6. The molecule has 1 rings (SSSR count). The molecular weight excluding hydrogens is 282 g/mol. The number of ether oxygens (including phenoxy) is 1. The molecular formula is C12H17N3O4S. The van der Waals surface area contributed by atoms with Crippen molar-refractivity contribution in [1.29, 1.82) is 0 Å². The van der Waals surface area contributed by atoms with E-state index in [1.807, 2.05) is 0 Å². The average molecular weight is 299 g/mol. The Bertz CT molecular complexity index is 556. The van der Waals surface area contributed by atoms with Gasteiger partial charge in [-0.2, -0.15) is 4.98 Å². The van der Waals surface area contributed by atoms with Gasteiger partial charge in [0.1, 0.15) is 5.03 Å². The molecule has 1 amide bonds. The van der Waals surface area contributed by atoms with Gasteiger partial charge in [0.15, 0.2) is 5.78 Å². The van der Waals surface area contributed by atoms with E-state index < -0.39 is 5.69 Å². The fourth-order valence-corrected chi connectivity index (χ4v) is 2.51. The van der Waals surface area contributed by atoms with E-state index in [1.54, 1.807) is 14.0 Å². The maximum absolute atomic E-state index is 11.6. The summed E-state index contributed by atoms with van der Waals surface area (Å²) < 4.78 is 4.81. The van der Waals surface area contributed by atoms with Gasteiger partial charge in [0.25, 0.3) is 0 Å². The number of Topliss-reactive ketones (excluding diaryl/α,β-unsaturated/α-hetero) is 1. The molecule has 0 radical (unpaired) electrons. The number of rotatable bonds is 7. The van der Waals surface area contributed by atoms with E-state index in [4.69, 9.17) is 4.74 Å². The third-order valence-corrected chi connectivity index (χ3v) is 3.38. The Hall–Kier alpha value is -1.67. The first-order valence-corrected chi connectivity index (χ1v) is 6.94. The molecule has 0 saturated heterocycles. The summed E-state index contributed by atoms with van der Waals surface area (Å²) in [6.07, 6.45) is 0. The molecule has 0 bridgehead atoms. The minimum atomic E-state index is -0.533. The molecule has 2 N–H and O–H groups in total. The fourth-order valence-electron chi connectivity index (χ4n) is 1.56. The second kappa shape index (κ2) is 7.81. The number of aromatic nitrogens is 2. The summed E-state index contributed by atoms with van der Waals surface area (Å²) in [4.78, 5) is 40.7. The lowest BCUT2D eigenvalue weighted by molar-refractivity contribution is -0.118. The lowest BCUT2D eigenvalue weighted by Crippen LogP contribution is -2.28. The number of amides is 1. The summed E-state index contributed by atoms with van der Waals surface area (Å²) in [6.45, 7) is 3.86. The minimum Gasteiger partial charge on any atom is -0.383 e. The van der Waals surface area contributed by atoms with Gasteiger partial charge in [-0.25, -0.2) is 4.79 Å². The summed E-state index contributed by atoms with van der Waals surface area (Å²) >= 11 is 1.07. The van der Waals surface area contributed by atoms with Gasteiger partial charge in [0, 0.05) is 19.3 Å². The summed E-state index contributed by atoms with van der Waals surface area (Å²) in [5.41, 5.74) is 0.272. The van der Waals surface area contributed by atoms with Crippen molar-refractivity contribution in [3.05, 3.63) is 21.7 Å². The number of thioether (sulfide) groups is 1. The van der Waals surface area contributed by atoms with Crippen LogP contribution in [0.25, 0.3) is 0 Å². The third kappa shape index (κ3) is 4.78. The van der Waals surface area contributed by atoms with Crippen LogP contribution in [0.3, 0.4) is 0 Å². The topological polar surface area (TPSA) is 101 Å². The van der Waals surface area contributed by atoms with Crippen molar-refractivity contribution in [3.8, 4) is 0 Å². The number of aromatic amines is 1. The zero-order chi connectivity index (χ0) is 15.1. The monoisotopic (exact) mass is 299 g/mol. The SMILES string of the molecule is COCCNC(=O)CSc1nc(=O)[nH]c(C)c1C(C)=O. The highest BCUT2D eigenvalue weighted by Gasteiger charge is 2.15. The Morgan fingerprint density at radius 3 is 2.75 bits per heavy atom. The van der Waals surface area contributed by atoms with Gasteiger partial charge < -0.3 is 15.0 Å². The van der Waals surface area contributed by atoms with Crippen LogP contribution in [0.1, 0.15) is 23.0 Å². The number of hydrogen-bond acceptors (Lipinski definition) is 6. The number of methoxy groups -OCH3 is 1. The van der Waals surface area contributed by atoms with Crippen molar-refractivity contribution in [2.75, 3.05) is 26.0 Å². The van der Waals surface area contributed by atoms with Crippen LogP contribution >= 0.6 is 11.8 Å². The van der Waals surface area contributed by atoms with Crippen LogP contribution in [0.15, 0.2) is 9.82 Å². The van der Waals surface area contributed by atoms with Crippen molar-refractivity contribution >= 4 is 23.5 Å². The van der Waals surface area contributed by atoms with Crippen molar-refractivity contribution in [2.45, 2.75) is 18.9 Å². The number of hydrogen-bond donors (Lipinski definition) is 2. The second-order valence-corrected chi connectivity index (χ2v) is 5.00. The van der Waals surface area contributed by atoms with Gasteiger partial charge in [-0.1, -0.05) is 11.8 Å². The third-order valence-electron chi connectivity index (χ3n) is 2.41. The molecule has 0 aliphatic carbocycles. The first-order valence-electron chi connectivity index (χ1n) is 5.96. The Kier molecular flexibility index (Phi) is 6.40. The predicted octanol–water partition coefficient (Wildman–Crippen LogP) is 0.136. The molecule has 0 aromatic carbocycles. The van der Waals surface area contributed by atoms with Crippen molar-refractivity contribution in [1.82, 2.24) is 15.3 Å². The standard InChI is InChI=1S/C12H17N3O4S/c1-7-10(8(2)16)11(15-12(18)14-7)20-6-9(17)13-4-5-19-3/h4-6H2,1-3H3,(H,13,17)(H,14,15,18). The molecule has 1 heterocycles. The first-order chi connectivity index (χ1) is 9.45. The number of nitrogens with one attached hydrogen (secondary N) is 2. The lowest BCUT2D eigenvalue weighted by Gasteiger charge is -2.08. The lowest BCUT2D eigenvalue weighted by atomic mass is 10.2. The molecule has 1 aromatic rings. The highest BCUT2D eigenvalue weighted by molar-refractivity contribution is 8.00. The van der Waals surface area contributed by atoms with Crippen LogP contribution in [0.5, 0.6) is 0 Å². The second-order valence-electron chi connectivity index (χ2n) is 4.03. The van der Waals surface area contributed by atoms with Gasteiger partial charge in [0.2, 0.25) is 5.91 Å². The molecule has 0 fully saturated rings. The van der Waals surface area contributed by atoms with Crippen LogP contribution < -0.4 is 11.0 Å². The first kappa shape index (κ1) is 16.4. The van der Waals surface area contributed by atoms with E-state index in [2.05, 4.69) is 15.3 Å². The van der Waals surface area contributed by atoms with Gasteiger partial charge in [-0.05, 0) is 13.8 Å². The zero-order valence-electron chi connectivity index (χ0n) is 11.6. The molecule has 0 saturated carbocycles. The molecule has 8 heteroatoms. The van der Waals surface area contributed by atoms with Crippen molar-refractivity contribution in [2.24, 2.45) is 0 Å². The van der Waals surface area contributed by atoms with Gasteiger partial charge >= 0.3 is 5.69 Å². The van der Waals surface area contributed by atoms with E-state index in [-0.39, 0.29) is 22.5 Å². The summed E-state index contributed by atoms with van der Waals surface area (Å²) in [7, 11) is 1.54. The number of carbonyl (C=O) groups excluding carboxylic acids is 2. The number of nitrogens with zero attached hydrogens (tertiary/aromatic N) is 1. The van der Waals surface area contributed by atoms with E-state index >= 15 is 0 Å². The summed E-state index contributed by atoms with van der Waals surface area (Å²) in [5, 5.41) is 2.93. The van der Waals surface area contributed by atoms with Crippen LogP contribution in [-0.4, -0.2) is 47.7 Å². The fraction of sp³-hybridized carbons (Fsp3) is 0.500. The quantitative estimate of drug-likeness (QED) is 0.321. The smallest absolute Gasteiger partial charge is 0.346 e.